The minimum absolute atomic E-state index is 0.108. The summed E-state index contributed by atoms with van der Waals surface area (Å²) >= 11 is 2.52. The van der Waals surface area contributed by atoms with Gasteiger partial charge < -0.3 is 19.2 Å². The molecule has 0 aliphatic carbocycles. The lowest BCUT2D eigenvalue weighted by molar-refractivity contribution is -0.113. The highest BCUT2D eigenvalue weighted by molar-refractivity contribution is 7.99. The highest BCUT2D eigenvalue weighted by atomic mass is 32.2. The van der Waals surface area contributed by atoms with Gasteiger partial charge in [0.25, 0.3) is 11.1 Å². The number of amides is 1. The van der Waals surface area contributed by atoms with Crippen LogP contribution in [-0.4, -0.2) is 41.1 Å². The van der Waals surface area contributed by atoms with Gasteiger partial charge in [0.1, 0.15) is 11.5 Å². The number of aromatic nitrogens is 3. The van der Waals surface area contributed by atoms with Crippen LogP contribution < -0.4 is 14.8 Å². The van der Waals surface area contributed by atoms with E-state index in [9.17, 15) is 4.79 Å². The fraction of sp³-hybridized carbons (Fsp3) is 0.143. The van der Waals surface area contributed by atoms with Crippen molar-refractivity contribution in [1.29, 1.82) is 0 Å². The van der Waals surface area contributed by atoms with Crippen molar-refractivity contribution in [2.75, 3.05) is 25.3 Å². The highest BCUT2D eigenvalue weighted by Gasteiger charge is 2.16. The third-order valence-corrected chi connectivity index (χ3v) is 5.77. The molecule has 8 nitrogen and oxygen atoms in total. The standard InChI is InChI=1S/C21H18N4O4S2/c1-27-14-8-9-17(28-2)15(10-14)19-24-25-21(29-19)31-12-18(26)23-20-22-16(11-30-20)13-6-4-3-5-7-13/h3-11H,12H2,1-2H3,(H,22,23,26). The molecule has 0 spiro atoms. The second kappa shape index (κ2) is 9.63. The first-order chi connectivity index (χ1) is 15.2. The predicted octanol–water partition coefficient (Wildman–Crippen LogP) is 4.61. The third kappa shape index (κ3) is 5.04. The van der Waals surface area contributed by atoms with E-state index in [2.05, 4.69) is 20.5 Å². The molecule has 31 heavy (non-hydrogen) atoms. The Kier molecular flexibility index (Phi) is 6.48. The molecule has 0 fully saturated rings. The first kappa shape index (κ1) is 20.9. The van der Waals surface area contributed by atoms with E-state index in [4.69, 9.17) is 13.9 Å². The first-order valence-corrected chi connectivity index (χ1v) is 11.0. The molecule has 0 aliphatic rings. The average molecular weight is 455 g/mol. The molecule has 0 unspecified atom stereocenters. The zero-order valence-corrected chi connectivity index (χ0v) is 18.3. The van der Waals surface area contributed by atoms with Crippen molar-refractivity contribution in [3.8, 4) is 34.2 Å². The normalized spacial score (nSPS) is 10.6. The Morgan fingerprint density at radius 3 is 2.74 bits per heavy atom. The van der Waals surface area contributed by atoms with Crippen molar-refractivity contribution in [1.82, 2.24) is 15.2 Å². The molecule has 0 radical (unpaired) electrons. The number of ether oxygens (including phenoxy) is 2. The van der Waals surface area contributed by atoms with Crippen molar-refractivity contribution in [2.24, 2.45) is 0 Å². The van der Waals surface area contributed by atoms with Crippen molar-refractivity contribution in [3.05, 3.63) is 53.9 Å². The summed E-state index contributed by atoms with van der Waals surface area (Å²) in [5.41, 5.74) is 2.43. The van der Waals surface area contributed by atoms with Gasteiger partial charge in [-0.25, -0.2) is 4.98 Å². The molecule has 1 N–H and O–H groups in total. The SMILES string of the molecule is COc1ccc(OC)c(-c2nnc(SCC(=O)Nc3nc(-c4ccccc4)cs3)o2)c1. The summed E-state index contributed by atoms with van der Waals surface area (Å²) in [7, 11) is 3.13. The number of methoxy groups -OCH3 is 2. The van der Waals surface area contributed by atoms with Gasteiger partial charge in [0.05, 0.1) is 31.2 Å². The van der Waals surface area contributed by atoms with E-state index in [1.807, 2.05) is 35.7 Å². The molecular weight excluding hydrogens is 436 g/mol. The van der Waals surface area contributed by atoms with E-state index >= 15 is 0 Å². The summed E-state index contributed by atoms with van der Waals surface area (Å²) in [4.78, 5) is 16.8. The van der Waals surface area contributed by atoms with E-state index in [1.54, 1.807) is 32.4 Å². The number of nitrogens with one attached hydrogen (secondary N) is 1. The van der Waals surface area contributed by atoms with Gasteiger partial charge in [-0.05, 0) is 18.2 Å². The number of anilines is 1. The molecule has 0 bridgehead atoms. The monoisotopic (exact) mass is 454 g/mol. The lowest BCUT2D eigenvalue weighted by Crippen LogP contribution is -2.13. The van der Waals surface area contributed by atoms with Crippen LogP contribution in [0.2, 0.25) is 0 Å². The van der Waals surface area contributed by atoms with E-state index in [0.29, 0.717) is 22.2 Å². The number of thiazole rings is 1. The van der Waals surface area contributed by atoms with Gasteiger partial charge in [0.15, 0.2) is 5.13 Å². The van der Waals surface area contributed by atoms with Crippen LogP contribution in [0.3, 0.4) is 0 Å². The Morgan fingerprint density at radius 2 is 1.97 bits per heavy atom. The summed E-state index contributed by atoms with van der Waals surface area (Å²) in [5, 5.41) is 13.6. The second-order valence-electron chi connectivity index (χ2n) is 6.18. The Morgan fingerprint density at radius 1 is 1.13 bits per heavy atom. The van der Waals surface area contributed by atoms with Crippen LogP contribution in [0.25, 0.3) is 22.7 Å². The van der Waals surface area contributed by atoms with Crippen molar-refractivity contribution >= 4 is 34.1 Å². The van der Waals surface area contributed by atoms with Gasteiger partial charge in [-0.2, -0.15) is 0 Å². The lowest BCUT2D eigenvalue weighted by atomic mass is 10.2. The zero-order chi connectivity index (χ0) is 21.6. The number of hydrogen-bond acceptors (Lipinski definition) is 9. The zero-order valence-electron chi connectivity index (χ0n) is 16.7. The fourth-order valence-corrected chi connectivity index (χ4v) is 4.01. The maximum atomic E-state index is 12.3. The molecule has 2 heterocycles. The van der Waals surface area contributed by atoms with Gasteiger partial charge in [0, 0.05) is 10.9 Å². The number of hydrogen-bond donors (Lipinski definition) is 1. The van der Waals surface area contributed by atoms with Crippen LogP contribution in [0.15, 0.2) is 63.6 Å². The summed E-state index contributed by atoms with van der Waals surface area (Å²) in [6.45, 7) is 0. The lowest BCUT2D eigenvalue weighted by Gasteiger charge is -2.07. The molecule has 10 heteroatoms. The minimum atomic E-state index is -0.210. The molecule has 2 aromatic heterocycles. The van der Waals surface area contributed by atoms with Gasteiger partial charge in [-0.15, -0.1) is 21.5 Å². The summed E-state index contributed by atoms with van der Waals surface area (Å²) in [6, 6.07) is 15.1. The molecule has 2 aromatic carbocycles. The number of thioether (sulfide) groups is 1. The average Bonchev–Trinajstić information content (AvgIpc) is 3.47. The largest absolute Gasteiger partial charge is 0.497 e. The van der Waals surface area contributed by atoms with E-state index in [1.165, 1.54) is 11.3 Å². The first-order valence-electron chi connectivity index (χ1n) is 9.16. The Labute approximate surface area is 186 Å². The molecule has 0 aliphatic heterocycles. The number of benzene rings is 2. The Bertz CT molecular complexity index is 1180. The summed E-state index contributed by atoms with van der Waals surface area (Å²) in [6.07, 6.45) is 0. The van der Waals surface area contributed by atoms with Crippen molar-refractivity contribution in [3.63, 3.8) is 0 Å². The topological polar surface area (TPSA) is 99.4 Å². The molecule has 4 aromatic rings. The van der Waals surface area contributed by atoms with Crippen molar-refractivity contribution < 1.29 is 18.7 Å². The summed E-state index contributed by atoms with van der Waals surface area (Å²) < 4.78 is 16.3. The maximum Gasteiger partial charge on any atom is 0.277 e. The summed E-state index contributed by atoms with van der Waals surface area (Å²) in [5.74, 6) is 1.40. The van der Waals surface area contributed by atoms with Crippen LogP contribution in [0, 0.1) is 0 Å². The molecule has 0 saturated heterocycles. The molecule has 1 amide bonds. The van der Waals surface area contributed by atoms with Crippen molar-refractivity contribution in [2.45, 2.75) is 5.22 Å². The second-order valence-corrected chi connectivity index (χ2v) is 7.96. The Hall–Kier alpha value is -3.37. The van der Waals surface area contributed by atoms with E-state index in [-0.39, 0.29) is 22.8 Å². The number of carbonyl (C=O) groups excluding carboxylic acids is 1. The van der Waals surface area contributed by atoms with E-state index < -0.39 is 0 Å². The smallest absolute Gasteiger partial charge is 0.277 e. The third-order valence-electron chi connectivity index (χ3n) is 4.19. The van der Waals surface area contributed by atoms with Crippen LogP contribution in [0.1, 0.15) is 0 Å². The van der Waals surface area contributed by atoms with Crippen LogP contribution >= 0.6 is 23.1 Å². The van der Waals surface area contributed by atoms with Gasteiger partial charge in [-0.3, -0.25) is 4.79 Å². The highest BCUT2D eigenvalue weighted by Crippen LogP contribution is 2.34. The minimum Gasteiger partial charge on any atom is -0.497 e. The van der Waals surface area contributed by atoms with E-state index in [0.717, 1.165) is 23.0 Å². The molecular formula is C21H18N4O4S2. The van der Waals surface area contributed by atoms with Crippen LogP contribution in [0.5, 0.6) is 11.5 Å². The number of carbonyl (C=O) groups is 1. The number of nitrogens with zero attached hydrogens (tertiary/aromatic N) is 3. The van der Waals surface area contributed by atoms with Crippen LogP contribution in [0.4, 0.5) is 5.13 Å². The molecule has 0 saturated carbocycles. The van der Waals surface area contributed by atoms with Crippen LogP contribution in [-0.2, 0) is 4.79 Å². The maximum absolute atomic E-state index is 12.3. The quantitative estimate of drug-likeness (QED) is 0.385. The number of rotatable bonds is 8. The molecule has 158 valence electrons. The van der Waals surface area contributed by atoms with Gasteiger partial charge in [-0.1, -0.05) is 42.1 Å². The van der Waals surface area contributed by atoms with Gasteiger partial charge in [0.2, 0.25) is 5.91 Å². The predicted molar refractivity (Wildman–Crippen MR) is 120 cm³/mol. The fourth-order valence-electron chi connectivity index (χ4n) is 2.71. The molecule has 0 atom stereocenters. The molecule has 4 rings (SSSR count). The van der Waals surface area contributed by atoms with Gasteiger partial charge >= 0.3 is 0 Å². The Balaban J connectivity index is 1.37.